The number of hydrogen-bond donors (Lipinski definition) is 3. The van der Waals surface area contributed by atoms with Gasteiger partial charge in [-0.1, -0.05) is 74.5 Å². The number of nitrogens with zero attached hydrogens (tertiary/aromatic N) is 2. The van der Waals surface area contributed by atoms with Crippen LogP contribution >= 0.6 is 0 Å². The van der Waals surface area contributed by atoms with Crippen molar-refractivity contribution in [3.8, 4) is 0 Å². The number of pyridine rings is 2. The van der Waals surface area contributed by atoms with Crippen molar-refractivity contribution in [3.05, 3.63) is 107 Å². The predicted molar refractivity (Wildman–Crippen MR) is 179 cm³/mol. The Balaban J connectivity index is 1.27. The quantitative estimate of drug-likeness (QED) is 0.172. The Bertz CT molecular complexity index is 1910. The lowest BCUT2D eigenvalue weighted by Crippen LogP contribution is -2.58. The van der Waals surface area contributed by atoms with Crippen molar-refractivity contribution < 1.29 is 9.59 Å². The summed E-state index contributed by atoms with van der Waals surface area (Å²) in [7, 11) is 0. The average Bonchev–Trinajstić information content (AvgIpc) is 3.03. The van der Waals surface area contributed by atoms with Crippen LogP contribution in [0, 0.1) is 13.8 Å². The number of hydrogen-bond acceptors (Lipinski definition) is 5. The molecule has 0 aliphatic rings. The van der Waals surface area contributed by atoms with Gasteiger partial charge in [0.15, 0.2) is 0 Å². The second-order valence-corrected chi connectivity index (χ2v) is 11.6. The smallest absolute Gasteiger partial charge is 0.254 e. The van der Waals surface area contributed by atoms with Gasteiger partial charge in [-0.05, 0) is 62.1 Å². The van der Waals surface area contributed by atoms with Crippen LogP contribution in [-0.2, 0) is 0 Å². The van der Waals surface area contributed by atoms with Gasteiger partial charge in [0, 0.05) is 39.7 Å². The summed E-state index contributed by atoms with van der Waals surface area (Å²) in [4.78, 5) is 37.4. The molecule has 7 heteroatoms. The minimum atomic E-state index is -0.522. The number of fused-ring (bicyclic) bond motifs is 4. The molecule has 0 bridgehead atoms. The van der Waals surface area contributed by atoms with Gasteiger partial charge in [-0.25, -0.2) is 9.97 Å². The first-order valence-corrected chi connectivity index (χ1v) is 15.2. The summed E-state index contributed by atoms with van der Waals surface area (Å²) in [6.45, 7) is 7.83. The zero-order valence-electron chi connectivity index (χ0n) is 25.5. The number of carbonyl (C=O) groups excluding carboxylic acids is 2. The molecule has 0 saturated heterocycles. The van der Waals surface area contributed by atoms with Crippen molar-refractivity contribution in [1.29, 1.82) is 0 Å². The monoisotopic (exact) mass is 583 g/mol. The highest BCUT2D eigenvalue weighted by Crippen LogP contribution is 2.27. The van der Waals surface area contributed by atoms with E-state index in [1.807, 2.05) is 100 Å². The zero-order chi connectivity index (χ0) is 31.0. The summed E-state index contributed by atoms with van der Waals surface area (Å²) in [6.07, 6.45) is 1.20. The normalized spacial score (nSPS) is 13.7. The van der Waals surface area contributed by atoms with E-state index in [1.165, 1.54) is 0 Å². The lowest BCUT2D eigenvalue weighted by atomic mass is 9.94. The highest BCUT2D eigenvalue weighted by atomic mass is 16.2. The maximum absolute atomic E-state index is 13.8. The first-order chi connectivity index (χ1) is 21.3. The van der Waals surface area contributed by atoms with Gasteiger partial charge in [0.25, 0.3) is 11.8 Å². The highest BCUT2D eigenvalue weighted by molar-refractivity contribution is 6.10. The van der Waals surface area contributed by atoms with E-state index in [0.29, 0.717) is 35.0 Å². The molecule has 4 N–H and O–H groups in total. The van der Waals surface area contributed by atoms with Crippen LogP contribution in [0.2, 0.25) is 0 Å². The summed E-state index contributed by atoms with van der Waals surface area (Å²) in [5, 5.41) is 10.2. The Morgan fingerprint density at radius 2 is 1.05 bits per heavy atom. The molecule has 4 aromatic carbocycles. The molecule has 6 aromatic rings. The number of aromatic nitrogens is 2. The highest BCUT2D eigenvalue weighted by Gasteiger charge is 2.29. The third-order valence-corrected chi connectivity index (χ3v) is 8.69. The van der Waals surface area contributed by atoms with Gasteiger partial charge in [-0.2, -0.15) is 0 Å². The minimum Gasteiger partial charge on any atom is -0.348 e. The summed E-state index contributed by atoms with van der Waals surface area (Å²) in [5.41, 5.74) is 12.6. The summed E-state index contributed by atoms with van der Waals surface area (Å²) < 4.78 is 0. The van der Waals surface area contributed by atoms with Crippen LogP contribution in [0.25, 0.3) is 43.6 Å². The first-order valence-electron chi connectivity index (χ1n) is 15.2. The third-order valence-electron chi connectivity index (χ3n) is 8.69. The molecule has 2 unspecified atom stereocenters. The van der Waals surface area contributed by atoms with E-state index in [2.05, 4.69) is 22.8 Å². The van der Waals surface area contributed by atoms with Crippen LogP contribution in [0.3, 0.4) is 0 Å². The Morgan fingerprint density at radius 1 is 0.636 bits per heavy atom. The maximum atomic E-state index is 13.8. The molecule has 222 valence electrons. The molecule has 2 amide bonds. The minimum absolute atomic E-state index is 0.222. The van der Waals surface area contributed by atoms with Gasteiger partial charge >= 0.3 is 0 Å². The maximum Gasteiger partial charge on any atom is 0.254 e. The lowest BCUT2D eigenvalue weighted by Gasteiger charge is -2.31. The molecule has 0 aliphatic carbocycles. The second kappa shape index (κ2) is 12.0. The van der Waals surface area contributed by atoms with Gasteiger partial charge in [-0.15, -0.1) is 0 Å². The largest absolute Gasteiger partial charge is 0.348 e. The number of rotatable bonds is 8. The van der Waals surface area contributed by atoms with Crippen LogP contribution < -0.4 is 16.4 Å². The van der Waals surface area contributed by atoms with Gasteiger partial charge in [0.2, 0.25) is 0 Å². The fraction of sp³-hybridized carbons (Fsp3) is 0.243. The van der Waals surface area contributed by atoms with E-state index in [1.54, 1.807) is 0 Å². The van der Waals surface area contributed by atoms with Crippen molar-refractivity contribution in [2.45, 2.75) is 58.7 Å². The number of aryl methyl sites for hydroxylation is 2. The Kier molecular flexibility index (Phi) is 7.97. The van der Waals surface area contributed by atoms with Crippen molar-refractivity contribution in [1.82, 2.24) is 20.6 Å². The van der Waals surface area contributed by atoms with Gasteiger partial charge in [0.1, 0.15) is 0 Å². The predicted octanol–water partition coefficient (Wildman–Crippen LogP) is 6.75. The van der Waals surface area contributed by atoms with Crippen LogP contribution in [-0.4, -0.2) is 39.9 Å². The van der Waals surface area contributed by atoms with Crippen LogP contribution in [0.15, 0.2) is 84.9 Å². The molecular formula is C37H37N5O2. The summed E-state index contributed by atoms with van der Waals surface area (Å²) >= 11 is 0. The van der Waals surface area contributed by atoms with Crippen molar-refractivity contribution in [2.75, 3.05) is 0 Å². The van der Waals surface area contributed by atoms with Crippen molar-refractivity contribution in [2.24, 2.45) is 5.73 Å². The molecule has 0 saturated carbocycles. The fourth-order valence-corrected chi connectivity index (χ4v) is 6.16. The number of para-hydroxylation sites is 2. The topological polar surface area (TPSA) is 110 Å². The number of carbonyl (C=O) groups is 2. The van der Waals surface area contributed by atoms with E-state index < -0.39 is 6.04 Å². The number of amides is 2. The molecule has 2 atom stereocenters. The molecule has 44 heavy (non-hydrogen) atoms. The molecule has 2 heterocycles. The molecule has 0 aliphatic heterocycles. The van der Waals surface area contributed by atoms with Gasteiger partial charge in [-0.3, -0.25) is 9.59 Å². The van der Waals surface area contributed by atoms with Crippen LogP contribution in [0.4, 0.5) is 0 Å². The number of nitrogens with two attached hydrogens (primary N) is 1. The van der Waals surface area contributed by atoms with Crippen LogP contribution in [0.1, 0.15) is 58.5 Å². The van der Waals surface area contributed by atoms with Crippen molar-refractivity contribution >= 4 is 55.4 Å². The van der Waals surface area contributed by atoms with Gasteiger partial charge in [0.05, 0.1) is 33.2 Å². The van der Waals surface area contributed by atoms with E-state index >= 15 is 0 Å². The van der Waals surface area contributed by atoms with E-state index in [4.69, 9.17) is 15.7 Å². The third kappa shape index (κ3) is 5.35. The zero-order valence-corrected chi connectivity index (χ0v) is 25.5. The Morgan fingerprint density at radius 3 is 1.45 bits per heavy atom. The van der Waals surface area contributed by atoms with Crippen LogP contribution in [0.5, 0.6) is 0 Å². The number of nitrogens with one attached hydrogen (secondary N) is 2. The molecule has 7 nitrogen and oxygen atoms in total. The first kappa shape index (κ1) is 29.2. The average molecular weight is 584 g/mol. The summed E-state index contributed by atoms with van der Waals surface area (Å²) in [6, 6.07) is 26.5. The SMILES string of the molecule is CCC(NC(=O)c1c(C)ccc2cc3ccccc3nc12)C(N)C(CC)NC(=O)c1c(C)ccc2cc3ccccc3nc12. The second-order valence-electron chi connectivity index (χ2n) is 11.6. The number of benzene rings is 4. The molecular weight excluding hydrogens is 546 g/mol. The standard InChI is InChI=1S/C37H37N5O2/c1-5-27(41-36(43)31-21(3)15-17-25-19-23-11-7-9-13-29(23)39-34(25)31)33(38)28(6-2)42-37(44)32-22(4)16-18-26-20-24-12-8-10-14-30(24)40-35(26)32/h7-20,27-28,33H,5-6,38H2,1-4H3,(H,41,43)(H,42,44). The van der Waals surface area contributed by atoms with E-state index in [-0.39, 0.29) is 23.9 Å². The molecule has 0 radical (unpaired) electrons. The van der Waals surface area contributed by atoms with Crippen molar-refractivity contribution in [3.63, 3.8) is 0 Å². The van der Waals surface area contributed by atoms with Gasteiger partial charge < -0.3 is 16.4 Å². The molecule has 2 aromatic heterocycles. The lowest BCUT2D eigenvalue weighted by molar-refractivity contribution is 0.0909. The Hall–Kier alpha value is -4.88. The molecule has 6 rings (SSSR count). The molecule has 0 spiro atoms. The van der Waals surface area contributed by atoms with E-state index in [0.717, 1.165) is 43.7 Å². The molecule has 0 fully saturated rings. The summed E-state index contributed by atoms with van der Waals surface area (Å²) in [5.74, 6) is -0.444. The van der Waals surface area contributed by atoms with E-state index in [9.17, 15) is 9.59 Å². The Labute approximate surface area is 256 Å². The fourth-order valence-electron chi connectivity index (χ4n) is 6.16.